The lowest BCUT2D eigenvalue weighted by atomic mass is 9.83. The van der Waals surface area contributed by atoms with Gasteiger partial charge in [0.15, 0.2) is 0 Å². The molecule has 5 nitrogen and oxygen atoms in total. The summed E-state index contributed by atoms with van der Waals surface area (Å²) in [5, 5.41) is 5.85. The summed E-state index contributed by atoms with van der Waals surface area (Å²) in [4.78, 5) is 27.2. The van der Waals surface area contributed by atoms with Gasteiger partial charge in [0.1, 0.15) is 5.82 Å². The van der Waals surface area contributed by atoms with E-state index in [0.717, 1.165) is 16.7 Å². The number of rotatable bonds is 5. The summed E-state index contributed by atoms with van der Waals surface area (Å²) in [6.07, 6.45) is 0.626. The van der Waals surface area contributed by atoms with Crippen molar-refractivity contribution in [2.45, 2.75) is 39.7 Å². The van der Waals surface area contributed by atoms with Gasteiger partial charge < -0.3 is 15.5 Å². The molecule has 3 rings (SSSR count). The summed E-state index contributed by atoms with van der Waals surface area (Å²) in [6.45, 7) is 7.50. The van der Waals surface area contributed by atoms with Crippen LogP contribution in [0.25, 0.3) is 0 Å². The van der Waals surface area contributed by atoms with Gasteiger partial charge in [0.25, 0.3) is 0 Å². The predicted octanol–water partition coefficient (Wildman–Crippen LogP) is 3.89. The molecule has 2 aromatic rings. The minimum Gasteiger partial charge on any atom is -0.352 e. The number of carbonyl (C=O) groups is 2. The molecule has 1 aliphatic heterocycles. The third-order valence-corrected chi connectivity index (χ3v) is 5.64. The number of nitrogens with zero attached hydrogens (tertiary/aromatic N) is 1. The topological polar surface area (TPSA) is 61.4 Å². The van der Waals surface area contributed by atoms with Gasteiger partial charge in [0.2, 0.25) is 5.91 Å². The number of amides is 3. The number of carbonyl (C=O) groups excluding carboxylic acids is 2. The van der Waals surface area contributed by atoms with Gasteiger partial charge >= 0.3 is 6.03 Å². The van der Waals surface area contributed by atoms with Crippen LogP contribution in [0.15, 0.2) is 42.5 Å². The van der Waals surface area contributed by atoms with Gasteiger partial charge in [0, 0.05) is 32.1 Å². The number of urea groups is 1. The molecule has 1 fully saturated rings. The van der Waals surface area contributed by atoms with E-state index in [9.17, 15) is 14.0 Å². The first-order valence-electron chi connectivity index (χ1n) is 10.5. The maximum atomic E-state index is 13.7. The van der Waals surface area contributed by atoms with E-state index in [2.05, 4.69) is 10.6 Å². The molecule has 1 aliphatic rings. The molecular formula is C24H30FN3O2. The zero-order valence-electron chi connectivity index (χ0n) is 17.9. The average Bonchev–Trinajstić information content (AvgIpc) is 2.74. The second-order valence-electron chi connectivity index (χ2n) is 8.09. The summed E-state index contributed by atoms with van der Waals surface area (Å²) >= 11 is 0. The van der Waals surface area contributed by atoms with Crippen LogP contribution in [0.2, 0.25) is 0 Å². The van der Waals surface area contributed by atoms with Crippen molar-refractivity contribution < 1.29 is 14.0 Å². The standard InChI is InChI=1S/C24H30FN3O2/c1-4-26-24(30)28-14-20(19-8-9-22(25)17(3)11-19)12-21(15-28)23(29)27-13-18-7-5-6-16(2)10-18/h5-11,20-21H,4,12-15H2,1-3H3,(H,26,30)(H,27,29)/t20-,21+/m0/s1. The highest BCUT2D eigenvalue weighted by Crippen LogP contribution is 2.31. The number of aryl methyl sites for hydroxylation is 2. The molecule has 2 aromatic carbocycles. The van der Waals surface area contributed by atoms with Gasteiger partial charge in [-0.1, -0.05) is 42.0 Å². The third-order valence-electron chi connectivity index (χ3n) is 5.64. The lowest BCUT2D eigenvalue weighted by molar-refractivity contribution is -0.126. The quantitative estimate of drug-likeness (QED) is 0.784. The van der Waals surface area contributed by atoms with Gasteiger partial charge in [-0.3, -0.25) is 4.79 Å². The highest BCUT2D eigenvalue weighted by molar-refractivity contribution is 5.81. The smallest absolute Gasteiger partial charge is 0.317 e. The Morgan fingerprint density at radius 2 is 1.90 bits per heavy atom. The van der Waals surface area contributed by atoms with Gasteiger partial charge in [-0.15, -0.1) is 0 Å². The van der Waals surface area contributed by atoms with Crippen molar-refractivity contribution in [3.05, 3.63) is 70.5 Å². The number of hydrogen-bond acceptors (Lipinski definition) is 2. The number of halogens is 1. The summed E-state index contributed by atoms with van der Waals surface area (Å²) in [5.41, 5.74) is 3.72. The van der Waals surface area contributed by atoms with Crippen molar-refractivity contribution in [2.75, 3.05) is 19.6 Å². The Hall–Kier alpha value is -2.89. The number of nitrogens with one attached hydrogen (secondary N) is 2. The van der Waals surface area contributed by atoms with Crippen LogP contribution in [-0.4, -0.2) is 36.5 Å². The maximum Gasteiger partial charge on any atom is 0.317 e. The molecule has 160 valence electrons. The van der Waals surface area contributed by atoms with Crippen LogP contribution in [0.1, 0.15) is 41.5 Å². The predicted molar refractivity (Wildman–Crippen MR) is 116 cm³/mol. The zero-order chi connectivity index (χ0) is 21.7. The van der Waals surface area contributed by atoms with Gasteiger partial charge in [-0.05, 0) is 49.9 Å². The molecular weight excluding hydrogens is 381 g/mol. The van der Waals surface area contributed by atoms with E-state index < -0.39 is 0 Å². The summed E-state index contributed by atoms with van der Waals surface area (Å²) in [5.74, 6) is -0.645. The number of benzene rings is 2. The molecule has 0 saturated carbocycles. The Morgan fingerprint density at radius 3 is 2.60 bits per heavy atom. The maximum absolute atomic E-state index is 13.7. The number of hydrogen-bond donors (Lipinski definition) is 2. The fourth-order valence-electron chi connectivity index (χ4n) is 4.04. The molecule has 30 heavy (non-hydrogen) atoms. The normalized spacial score (nSPS) is 18.7. The molecule has 0 radical (unpaired) electrons. The molecule has 0 spiro atoms. The average molecular weight is 412 g/mol. The van der Waals surface area contributed by atoms with Crippen molar-refractivity contribution in [3.63, 3.8) is 0 Å². The summed E-state index contributed by atoms with van der Waals surface area (Å²) < 4.78 is 13.7. The molecule has 0 aromatic heterocycles. The monoisotopic (exact) mass is 411 g/mol. The SMILES string of the molecule is CCNC(=O)N1C[C@H](C(=O)NCc2cccc(C)c2)C[C@H](c2ccc(F)c(C)c2)C1. The van der Waals surface area contributed by atoms with E-state index >= 15 is 0 Å². The largest absolute Gasteiger partial charge is 0.352 e. The molecule has 0 aliphatic carbocycles. The Bertz CT molecular complexity index is 915. The minimum atomic E-state index is -0.318. The molecule has 1 heterocycles. The van der Waals surface area contributed by atoms with Crippen molar-refractivity contribution in [2.24, 2.45) is 5.92 Å². The van der Waals surface area contributed by atoms with Crippen LogP contribution in [0, 0.1) is 25.6 Å². The van der Waals surface area contributed by atoms with E-state index in [4.69, 9.17) is 0 Å². The van der Waals surface area contributed by atoms with E-state index in [-0.39, 0.29) is 29.6 Å². The highest BCUT2D eigenvalue weighted by Gasteiger charge is 2.34. The Labute approximate surface area is 177 Å². The highest BCUT2D eigenvalue weighted by atomic mass is 19.1. The van der Waals surface area contributed by atoms with Crippen LogP contribution in [-0.2, 0) is 11.3 Å². The van der Waals surface area contributed by atoms with Gasteiger partial charge in [-0.25, -0.2) is 9.18 Å². The molecule has 6 heteroatoms. The lowest BCUT2D eigenvalue weighted by Crippen LogP contribution is -2.51. The van der Waals surface area contributed by atoms with Gasteiger partial charge in [-0.2, -0.15) is 0 Å². The second kappa shape index (κ2) is 9.74. The first-order chi connectivity index (χ1) is 14.4. The molecule has 1 saturated heterocycles. The fraction of sp³-hybridized carbons (Fsp3) is 0.417. The Kier molecular flexibility index (Phi) is 7.08. The van der Waals surface area contributed by atoms with E-state index in [0.29, 0.717) is 38.2 Å². The number of likely N-dealkylation sites (tertiary alicyclic amines) is 1. The fourth-order valence-corrected chi connectivity index (χ4v) is 4.04. The van der Waals surface area contributed by atoms with Crippen molar-refractivity contribution in [1.29, 1.82) is 0 Å². The summed E-state index contributed by atoms with van der Waals surface area (Å²) in [7, 11) is 0. The van der Waals surface area contributed by atoms with E-state index in [1.54, 1.807) is 17.9 Å². The summed E-state index contributed by atoms with van der Waals surface area (Å²) in [6, 6.07) is 12.9. The minimum absolute atomic E-state index is 0.0182. The van der Waals surface area contributed by atoms with Gasteiger partial charge in [0.05, 0.1) is 5.92 Å². The van der Waals surface area contributed by atoms with Crippen molar-refractivity contribution in [3.8, 4) is 0 Å². The van der Waals surface area contributed by atoms with Crippen molar-refractivity contribution >= 4 is 11.9 Å². The van der Waals surface area contributed by atoms with Crippen molar-refractivity contribution in [1.82, 2.24) is 15.5 Å². The molecule has 0 unspecified atom stereocenters. The lowest BCUT2D eigenvalue weighted by Gasteiger charge is -2.37. The van der Waals surface area contributed by atoms with Crippen LogP contribution >= 0.6 is 0 Å². The van der Waals surface area contributed by atoms with Crippen LogP contribution in [0.3, 0.4) is 0 Å². The van der Waals surface area contributed by atoms with E-state index in [1.807, 2.05) is 44.2 Å². The third kappa shape index (κ3) is 5.38. The Morgan fingerprint density at radius 1 is 1.10 bits per heavy atom. The molecule has 3 amide bonds. The van der Waals surface area contributed by atoms with Crippen LogP contribution in [0.5, 0.6) is 0 Å². The molecule has 2 atom stereocenters. The van der Waals surface area contributed by atoms with Crippen LogP contribution < -0.4 is 10.6 Å². The zero-order valence-corrected chi connectivity index (χ0v) is 17.9. The van der Waals surface area contributed by atoms with Crippen LogP contribution in [0.4, 0.5) is 9.18 Å². The van der Waals surface area contributed by atoms with E-state index in [1.165, 1.54) is 6.07 Å². The number of piperidine rings is 1. The first kappa shape index (κ1) is 21.8. The second-order valence-corrected chi connectivity index (χ2v) is 8.09. The molecule has 2 N–H and O–H groups in total. The first-order valence-corrected chi connectivity index (χ1v) is 10.5. The molecule has 0 bridgehead atoms. The Balaban J connectivity index is 1.75.